The summed E-state index contributed by atoms with van der Waals surface area (Å²) in [4.78, 5) is 12.2. The van der Waals surface area contributed by atoms with Crippen LogP contribution in [0.4, 0.5) is 0 Å². The number of aromatic nitrogens is 1. The molecular formula is C19H20N2O3S. The van der Waals surface area contributed by atoms with E-state index in [9.17, 15) is 9.90 Å². The van der Waals surface area contributed by atoms with Gasteiger partial charge in [-0.1, -0.05) is 35.5 Å². The first-order valence-electron chi connectivity index (χ1n) is 8.21. The molecule has 3 aromatic rings. The van der Waals surface area contributed by atoms with Gasteiger partial charge in [-0.2, -0.15) is 11.3 Å². The van der Waals surface area contributed by atoms with Crippen LogP contribution in [0.1, 0.15) is 34.8 Å². The molecule has 25 heavy (non-hydrogen) atoms. The molecule has 1 atom stereocenters. The Kier molecular flexibility index (Phi) is 5.98. The number of carbonyl (C=O) groups excluding carboxylic acids is 1. The molecule has 1 aromatic carbocycles. The molecular weight excluding hydrogens is 336 g/mol. The van der Waals surface area contributed by atoms with Crippen molar-refractivity contribution in [1.29, 1.82) is 0 Å². The lowest BCUT2D eigenvalue weighted by Gasteiger charge is -2.14. The number of nitrogens with zero attached hydrogens (tertiary/aromatic N) is 1. The minimum atomic E-state index is -0.251. The van der Waals surface area contributed by atoms with Gasteiger partial charge in [0.2, 0.25) is 0 Å². The van der Waals surface area contributed by atoms with Crippen molar-refractivity contribution in [3.05, 3.63) is 64.5 Å². The normalized spacial score (nSPS) is 12.0. The number of thiophene rings is 1. The van der Waals surface area contributed by atoms with Crippen molar-refractivity contribution in [3.8, 4) is 11.3 Å². The molecule has 2 aromatic heterocycles. The van der Waals surface area contributed by atoms with Crippen LogP contribution in [0.25, 0.3) is 11.3 Å². The molecule has 0 radical (unpaired) electrons. The van der Waals surface area contributed by atoms with E-state index in [2.05, 4.69) is 21.9 Å². The van der Waals surface area contributed by atoms with Gasteiger partial charge in [0.1, 0.15) is 0 Å². The van der Waals surface area contributed by atoms with Crippen LogP contribution in [0.3, 0.4) is 0 Å². The maximum absolute atomic E-state index is 12.2. The fraction of sp³-hybridized carbons (Fsp3) is 0.263. The summed E-state index contributed by atoms with van der Waals surface area (Å²) in [5, 5.41) is 20.1. The Bertz CT molecular complexity index is 784. The Morgan fingerprint density at radius 1 is 1.24 bits per heavy atom. The fourth-order valence-corrected chi connectivity index (χ4v) is 3.45. The third kappa shape index (κ3) is 4.55. The van der Waals surface area contributed by atoms with E-state index in [4.69, 9.17) is 4.52 Å². The summed E-state index contributed by atoms with van der Waals surface area (Å²) in [6.07, 6.45) is 1.46. The van der Waals surface area contributed by atoms with Crippen molar-refractivity contribution in [2.24, 2.45) is 0 Å². The Hall–Kier alpha value is -2.44. The van der Waals surface area contributed by atoms with Crippen LogP contribution in [0.15, 0.2) is 57.7 Å². The molecule has 0 aliphatic carbocycles. The summed E-state index contributed by atoms with van der Waals surface area (Å²) < 4.78 is 5.25. The Balaban J connectivity index is 1.55. The van der Waals surface area contributed by atoms with Gasteiger partial charge in [0.25, 0.3) is 5.91 Å². The first-order valence-corrected chi connectivity index (χ1v) is 9.15. The molecule has 0 fully saturated rings. The van der Waals surface area contributed by atoms with Crippen LogP contribution in [0, 0.1) is 0 Å². The van der Waals surface area contributed by atoms with Crippen LogP contribution < -0.4 is 5.32 Å². The second-order valence-electron chi connectivity index (χ2n) is 5.75. The zero-order valence-corrected chi connectivity index (χ0v) is 14.5. The van der Waals surface area contributed by atoms with Gasteiger partial charge in [0, 0.05) is 24.8 Å². The minimum absolute atomic E-state index is 0.137. The highest BCUT2D eigenvalue weighted by molar-refractivity contribution is 7.07. The zero-order chi connectivity index (χ0) is 17.5. The number of carbonyl (C=O) groups is 1. The van der Waals surface area contributed by atoms with E-state index >= 15 is 0 Å². The average molecular weight is 356 g/mol. The smallest absolute Gasteiger partial charge is 0.273 e. The fourth-order valence-electron chi connectivity index (χ4n) is 2.71. The molecule has 6 heteroatoms. The molecule has 130 valence electrons. The van der Waals surface area contributed by atoms with Gasteiger partial charge in [0.05, 0.1) is 0 Å². The molecule has 2 N–H and O–H groups in total. The Morgan fingerprint density at radius 3 is 2.80 bits per heavy atom. The van der Waals surface area contributed by atoms with E-state index in [1.165, 1.54) is 5.56 Å². The van der Waals surface area contributed by atoms with Crippen molar-refractivity contribution in [3.63, 3.8) is 0 Å². The Labute approximate surface area is 150 Å². The number of aliphatic hydroxyl groups is 1. The molecule has 0 aliphatic rings. The van der Waals surface area contributed by atoms with Crippen molar-refractivity contribution in [2.75, 3.05) is 13.2 Å². The van der Waals surface area contributed by atoms with Gasteiger partial charge in [0.15, 0.2) is 11.5 Å². The number of hydrogen-bond acceptors (Lipinski definition) is 5. The second-order valence-corrected chi connectivity index (χ2v) is 6.53. The molecule has 0 spiro atoms. The van der Waals surface area contributed by atoms with E-state index < -0.39 is 0 Å². The highest BCUT2D eigenvalue weighted by atomic mass is 32.1. The lowest BCUT2D eigenvalue weighted by Crippen LogP contribution is -2.26. The molecule has 5 nitrogen and oxygen atoms in total. The van der Waals surface area contributed by atoms with Crippen molar-refractivity contribution in [2.45, 2.75) is 18.8 Å². The number of benzene rings is 1. The standard InChI is InChI=1S/C19H20N2O3S/c22-10-7-14(16-8-11-25-13-16)6-9-20-19(23)17-12-18(24-21-17)15-4-2-1-3-5-15/h1-5,8,11-14,22H,6-7,9-10H2,(H,20,23). The highest BCUT2D eigenvalue weighted by Gasteiger charge is 2.15. The summed E-state index contributed by atoms with van der Waals surface area (Å²) in [6.45, 7) is 0.658. The van der Waals surface area contributed by atoms with Crippen LogP contribution in [-0.4, -0.2) is 29.3 Å². The molecule has 0 saturated carbocycles. The van der Waals surface area contributed by atoms with E-state index in [1.807, 2.05) is 35.7 Å². The summed E-state index contributed by atoms with van der Waals surface area (Å²) in [5.41, 5.74) is 2.36. The van der Waals surface area contributed by atoms with E-state index in [1.54, 1.807) is 17.4 Å². The largest absolute Gasteiger partial charge is 0.396 e. The van der Waals surface area contributed by atoms with Crippen molar-refractivity contribution >= 4 is 17.2 Å². The number of nitrogens with one attached hydrogen (secondary N) is 1. The predicted molar refractivity (Wildman–Crippen MR) is 97.7 cm³/mol. The van der Waals surface area contributed by atoms with Gasteiger partial charge < -0.3 is 14.9 Å². The maximum Gasteiger partial charge on any atom is 0.273 e. The monoisotopic (exact) mass is 356 g/mol. The molecule has 0 aliphatic heterocycles. The number of hydrogen-bond donors (Lipinski definition) is 2. The van der Waals surface area contributed by atoms with Gasteiger partial charge in [-0.15, -0.1) is 0 Å². The van der Waals surface area contributed by atoms with Gasteiger partial charge >= 0.3 is 0 Å². The van der Waals surface area contributed by atoms with E-state index in [-0.39, 0.29) is 24.1 Å². The lowest BCUT2D eigenvalue weighted by atomic mass is 9.95. The van der Waals surface area contributed by atoms with E-state index in [0.29, 0.717) is 18.7 Å². The summed E-state index contributed by atoms with van der Waals surface area (Å²) in [7, 11) is 0. The first kappa shape index (κ1) is 17.4. The van der Waals surface area contributed by atoms with Gasteiger partial charge in [-0.05, 0) is 41.1 Å². The number of rotatable bonds is 8. The van der Waals surface area contributed by atoms with Crippen LogP contribution in [-0.2, 0) is 0 Å². The maximum atomic E-state index is 12.2. The lowest BCUT2D eigenvalue weighted by molar-refractivity contribution is 0.0943. The zero-order valence-electron chi connectivity index (χ0n) is 13.7. The highest BCUT2D eigenvalue weighted by Crippen LogP contribution is 2.25. The van der Waals surface area contributed by atoms with Gasteiger partial charge in [-0.3, -0.25) is 4.79 Å². The molecule has 0 bridgehead atoms. The number of amides is 1. The summed E-state index contributed by atoms with van der Waals surface area (Å²) in [6, 6.07) is 13.3. The van der Waals surface area contributed by atoms with E-state index in [0.717, 1.165) is 12.0 Å². The topological polar surface area (TPSA) is 75.4 Å². The van der Waals surface area contributed by atoms with Crippen molar-refractivity contribution in [1.82, 2.24) is 10.5 Å². The second kappa shape index (κ2) is 8.60. The van der Waals surface area contributed by atoms with Crippen LogP contribution in [0.5, 0.6) is 0 Å². The van der Waals surface area contributed by atoms with Gasteiger partial charge in [-0.25, -0.2) is 0 Å². The summed E-state index contributed by atoms with van der Waals surface area (Å²) in [5.74, 6) is 0.565. The molecule has 3 rings (SSSR count). The third-order valence-electron chi connectivity index (χ3n) is 4.07. The SMILES string of the molecule is O=C(NCCC(CCO)c1ccsc1)c1cc(-c2ccccc2)on1. The average Bonchev–Trinajstić information content (AvgIpc) is 3.33. The van der Waals surface area contributed by atoms with Crippen molar-refractivity contribution < 1.29 is 14.4 Å². The Morgan fingerprint density at radius 2 is 2.08 bits per heavy atom. The number of aliphatic hydroxyl groups excluding tert-OH is 1. The van der Waals surface area contributed by atoms with Crippen LogP contribution >= 0.6 is 11.3 Å². The first-order chi connectivity index (χ1) is 12.3. The minimum Gasteiger partial charge on any atom is -0.396 e. The third-order valence-corrected chi connectivity index (χ3v) is 4.77. The van der Waals surface area contributed by atoms with Crippen LogP contribution in [0.2, 0.25) is 0 Å². The quantitative estimate of drug-likeness (QED) is 0.645. The molecule has 0 saturated heterocycles. The molecule has 1 amide bonds. The summed E-state index contributed by atoms with van der Waals surface area (Å²) >= 11 is 1.64. The predicted octanol–water partition coefficient (Wildman–Crippen LogP) is 3.69. The molecule has 1 unspecified atom stereocenters. The molecule has 2 heterocycles.